The van der Waals surface area contributed by atoms with E-state index in [9.17, 15) is 4.79 Å². The molecule has 2 heterocycles. The van der Waals surface area contributed by atoms with Gasteiger partial charge in [0.25, 0.3) is 0 Å². The third-order valence-corrected chi connectivity index (χ3v) is 3.35. The van der Waals surface area contributed by atoms with Gasteiger partial charge < -0.3 is 15.0 Å². The van der Waals surface area contributed by atoms with Gasteiger partial charge in [0, 0.05) is 6.54 Å². The standard InChI is InChI=1S/C11H20N2O2/c1-9-7-15-8-11(14)13(9)6-10-2-4-12-5-3-10/h9-10,12H,2-8H2,1H3. The molecule has 1 N–H and O–H groups in total. The summed E-state index contributed by atoms with van der Waals surface area (Å²) in [5.74, 6) is 0.836. The van der Waals surface area contributed by atoms with Gasteiger partial charge in [-0.2, -0.15) is 0 Å². The number of carbonyl (C=O) groups excluding carboxylic acids is 1. The maximum atomic E-state index is 11.7. The first-order valence-corrected chi connectivity index (χ1v) is 5.85. The van der Waals surface area contributed by atoms with Crippen molar-refractivity contribution in [2.24, 2.45) is 5.92 Å². The van der Waals surface area contributed by atoms with Crippen molar-refractivity contribution in [3.63, 3.8) is 0 Å². The minimum absolute atomic E-state index is 0.160. The molecule has 0 aromatic heterocycles. The minimum atomic E-state index is 0.160. The fourth-order valence-electron chi connectivity index (χ4n) is 2.36. The average Bonchev–Trinajstić information content (AvgIpc) is 2.25. The lowest BCUT2D eigenvalue weighted by molar-refractivity contribution is -0.148. The topological polar surface area (TPSA) is 41.6 Å². The molecule has 0 radical (unpaired) electrons. The van der Waals surface area contributed by atoms with E-state index in [0.717, 1.165) is 19.6 Å². The lowest BCUT2D eigenvalue weighted by Gasteiger charge is -2.36. The molecule has 86 valence electrons. The normalized spacial score (nSPS) is 29.5. The molecule has 0 aromatic carbocycles. The maximum Gasteiger partial charge on any atom is 0.248 e. The lowest BCUT2D eigenvalue weighted by Crippen LogP contribution is -2.50. The Morgan fingerprint density at radius 2 is 2.20 bits per heavy atom. The number of rotatable bonds is 2. The molecule has 2 aliphatic rings. The summed E-state index contributed by atoms with van der Waals surface area (Å²) in [6.45, 7) is 6.14. The molecule has 15 heavy (non-hydrogen) atoms. The van der Waals surface area contributed by atoms with Gasteiger partial charge in [-0.3, -0.25) is 4.79 Å². The van der Waals surface area contributed by atoms with Crippen molar-refractivity contribution >= 4 is 5.91 Å². The number of ether oxygens (including phenoxy) is 1. The van der Waals surface area contributed by atoms with E-state index in [1.165, 1.54) is 12.8 Å². The van der Waals surface area contributed by atoms with Crippen molar-refractivity contribution in [2.45, 2.75) is 25.8 Å². The van der Waals surface area contributed by atoms with E-state index >= 15 is 0 Å². The third kappa shape index (κ3) is 2.69. The zero-order valence-corrected chi connectivity index (χ0v) is 9.37. The Morgan fingerprint density at radius 3 is 2.87 bits per heavy atom. The number of piperidine rings is 1. The van der Waals surface area contributed by atoms with Crippen LogP contribution in [-0.2, 0) is 9.53 Å². The zero-order chi connectivity index (χ0) is 10.7. The summed E-state index contributed by atoms with van der Waals surface area (Å²) in [5.41, 5.74) is 0. The van der Waals surface area contributed by atoms with E-state index in [2.05, 4.69) is 12.2 Å². The molecule has 2 rings (SSSR count). The van der Waals surface area contributed by atoms with Gasteiger partial charge >= 0.3 is 0 Å². The number of morpholine rings is 1. The summed E-state index contributed by atoms with van der Waals surface area (Å²) in [5, 5.41) is 3.35. The van der Waals surface area contributed by atoms with E-state index in [4.69, 9.17) is 4.74 Å². The van der Waals surface area contributed by atoms with Gasteiger partial charge in [0.05, 0.1) is 12.6 Å². The third-order valence-electron chi connectivity index (χ3n) is 3.35. The molecule has 1 amide bonds. The SMILES string of the molecule is CC1COCC(=O)N1CC1CCNCC1. The summed E-state index contributed by atoms with van der Waals surface area (Å²) < 4.78 is 5.21. The van der Waals surface area contributed by atoms with Crippen LogP contribution in [0.5, 0.6) is 0 Å². The van der Waals surface area contributed by atoms with Crippen molar-refractivity contribution in [2.75, 3.05) is 32.8 Å². The largest absolute Gasteiger partial charge is 0.370 e. The molecule has 0 aromatic rings. The second kappa shape index (κ2) is 4.94. The van der Waals surface area contributed by atoms with Crippen LogP contribution in [0.15, 0.2) is 0 Å². The molecule has 0 saturated carbocycles. The number of carbonyl (C=O) groups is 1. The quantitative estimate of drug-likeness (QED) is 0.712. The van der Waals surface area contributed by atoms with Gasteiger partial charge in [-0.05, 0) is 38.8 Å². The molecule has 0 bridgehead atoms. The molecule has 4 nitrogen and oxygen atoms in total. The van der Waals surface area contributed by atoms with E-state index in [1.54, 1.807) is 0 Å². The summed E-state index contributed by atoms with van der Waals surface area (Å²) >= 11 is 0. The van der Waals surface area contributed by atoms with Crippen LogP contribution in [0.2, 0.25) is 0 Å². The summed E-state index contributed by atoms with van der Waals surface area (Å²) in [6.07, 6.45) is 2.38. The first-order valence-electron chi connectivity index (χ1n) is 5.85. The number of hydrogen-bond acceptors (Lipinski definition) is 3. The number of amides is 1. The second-order valence-electron chi connectivity index (χ2n) is 4.60. The summed E-state index contributed by atoms with van der Waals surface area (Å²) in [6, 6.07) is 0.251. The molecule has 1 unspecified atom stereocenters. The monoisotopic (exact) mass is 212 g/mol. The van der Waals surface area contributed by atoms with Crippen molar-refractivity contribution in [3.05, 3.63) is 0 Å². The molecular weight excluding hydrogens is 192 g/mol. The van der Waals surface area contributed by atoms with Gasteiger partial charge in [0.15, 0.2) is 0 Å². The van der Waals surface area contributed by atoms with Crippen molar-refractivity contribution in [3.8, 4) is 0 Å². The Morgan fingerprint density at radius 1 is 1.47 bits per heavy atom. The van der Waals surface area contributed by atoms with Crippen LogP contribution in [0.25, 0.3) is 0 Å². The molecule has 2 aliphatic heterocycles. The summed E-state index contributed by atoms with van der Waals surface area (Å²) in [7, 11) is 0. The van der Waals surface area contributed by atoms with Crippen LogP contribution >= 0.6 is 0 Å². The van der Waals surface area contributed by atoms with E-state index in [0.29, 0.717) is 12.5 Å². The fourth-order valence-corrected chi connectivity index (χ4v) is 2.36. The predicted octanol–water partition coefficient (Wildman–Crippen LogP) is 0.233. The number of nitrogens with one attached hydrogen (secondary N) is 1. The van der Waals surface area contributed by atoms with Crippen LogP contribution in [0.4, 0.5) is 0 Å². The van der Waals surface area contributed by atoms with Gasteiger partial charge in [-0.1, -0.05) is 0 Å². The highest BCUT2D eigenvalue weighted by atomic mass is 16.5. The maximum absolute atomic E-state index is 11.7. The van der Waals surface area contributed by atoms with Crippen LogP contribution in [0, 0.1) is 5.92 Å². The predicted molar refractivity (Wildman–Crippen MR) is 57.6 cm³/mol. The Hall–Kier alpha value is -0.610. The highest BCUT2D eigenvalue weighted by molar-refractivity contribution is 5.78. The highest BCUT2D eigenvalue weighted by Gasteiger charge is 2.28. The first kappa shape index (κ1) is 10.9. The van der Waals surface area contributed by atoms with Gasteiger partial charge in [-0.15, -0.1) is 0 Å². The molecule has 2 fully saturated rings. The number of hydrogen-bond donors (Lipinski definition) is 1. The highest BCUT2D eigenvalue weighted by Crippen LogP contribution is 2.17. The molecule has 1 atom stereocenters. The number of nitrogens with zero attached hydrogens (tertiary/aromatic N) is 1. The minimum Gasteiger partial charge on any atom is -0.370 e. The van der Waals surface area contributed by atoms with Crippen molar-refractivity contribution < 1.29 is 9.53 Å². The smallest absolute Gasteiger partial charge is 0.248 e. The van der Waals surface area contributed by atoms with Crippen molar-refractivity contribution in [1.29, 1.82) is 0 Å². The Labute approximate surface area is 91.0 Å². The van der Waals surface area contributed by atoms with E-state index in [1.807, 2.05) is 4.90 Å². The van der Waals surface area contributed by atoms with Gasteiger partial charge in [0.1, 0.15) is 6.61 Å². The first-order chi connectivity index (χ1) is 7.27. The second-order valence-corrected chi connectivity index (χ2v) is 4.60. The van der Waals surface area contributed by atoms with Crippen molar-refractivity contribution in [1.82, 2.24) is 10.2 Å². The van der Waals surface area contributed by atoms with E-state index in [-0.39, 0.29) is 18.6 Å². The van der Waals surface area contributed by atoms with Crippen LogP contribution in [-0.4, -0.2) is 49.7 Å². The lowest BCUT2D eigenvalue weighted by atomic mass is 9.97. The fraction of sp³-hybridized carbons (Fsp3) is 0.909. The Kier molecular flexibility index (Phi) is 3.59. The zero-order valence-electron chi connectivity index (χ0n) is 9.37. The molecule has 0 spiro atoms. The van der Waals surface area contributed by atoms with Gasteiger partial charge in [-0.25, -0.2) is 0 Å². The molecule has 4 heteroatoms. The average molecular weight is 212 g/mol. The Balaban J connectivity index is 1.87. The Bertz CT molecular complexity index is 227. The summed E-state index contributed by atoms with van der Waals surface area (Å²) in [4.78, 5) is 13.7. The molecule has 2 saturated heterocycles. The van der Waals surface area contributed by atoms with E-state index < -0.39 is 0 Å². The molecular formula is C11H20N2O2. The van der Waals surface area contributed by atoms with Crippen LogP contribution in [0.3, 0.4) is 0 Å². The van der Waals surface area contributed by atoms with Crippen LogP contribution in [0.1, 0.15) is 19.8 Å². The molecule has 0 aliphatic carbocycles. The van der Waals surface area contributed by atoms with Crippen LogP contribution < -0.4 is 5.32 Å². The van der Waals surface area contributed by atoms with Gasteiger partial charge in [0.2, 0.25) is 5.91 Å².